The SMILES string of the molecule is CC1(C)CCCN1C(=O)CCC1CCCN1. The third-order valence-electron chi connectivity index (χ3n) is 4.07. The molecule has 0 aromatic heterocycles. The molecule has 2 heterocycles. The summed E-state index contributed by atoms with van der Waals surface area (Å²) in [6.07, 6.45) is 6.58. The third kappa shape index (κ3) is 2.57. The normalized spacial score (nSPS) is 28.6. The van der Waals surface area contributed by atoms with E-state index in [1.54, 1.807) is 0 Å². The number of rotatable bonds is 3. The zero-order valence-electron chi connectivity index (χ0n) is 10.6. The second-order valence-corrected chi connectivity index (χ2v) is 5.79. The first kappa shape index (κ1) is 11.9. The van der Waals surface area contributed by atoms with Crippen molar-refractivity contribution in [1.29, 1.82) is 0 Å². The smallest absolute Gasteiger partial charge is 0.223 e. The number of carbonyl (C=O) groups excluding carboxylic acids is 1. The molecule has 0 bridgehead atoms. The Labute approximate surface area is 98.6 Å². The zero-order valence-corrected chi connectivity index (χ0v) is 10.6. The lowest BCUT2D eigenvalue weighted by molar-refractivity contribution is -0.134. The van der Waals surface area contributed by atoms with Gasteiger partial charge in [-0.1, -0.05) is 0 Å². The van der Waals surface area contributed by atoms with E-state index in [-0.39, 0.29) is 5.54 Å². The number of amides is 1. The molecule has 3 heteroatoms. The van der Waals surface area contributed by atoms with Gasteiger partial charge >= 0.3 is 0 Å². The predicted octanol–water partition coefficient (Wildman–Crippen LogP) is 1.92. The van der Waals surface area contributed by atoms with Crippen LogP contribution in [0.25, 0.3) is 0 Å². The van der Waals surface area contributed by atoms with Crippen molar-refractivity contribution in [3.63, 3.8) is 0 Å². The van der Waals surface area contributed by atoms with Gasteiger partial charge in [-0.25, -0.2) is 0 Å². The number of hydrogen-bond acceptors (Lipinski definition) is 2. The van der Waals surface area contributed by atoms with Crippen molar-refractivity contribution in [2.45, 2.75) is 64.0 Å². The molecule has 1 N–H and O–H groups in total. The van der Waals surface area contributed by atoms with Crippen LogP contribution in [0, 0.1) is 0 Å². The van der Waals surface area contributed by atoms with Gasteiger partial charge in [-0.2, -0.15) is 0 Å². The molecule has 2 aliphatic heterocycles. The van der Waals surface area contributed by atoms with Gasteiger partial charge in [-0.05, 0) is 52.5 Å². The molecule has 16 heavy (non-hydrogen) atoms. The average Bonchev–Trinajstić information content (AvgIpc) is 2.83. The van der Waals surface area contributed by atoms with Gasteiger partial charge in [0.1, 0.15) is 0 Å². The topological polar surface area (TPSA) is 32.3 Å². The number of nitrogens with one attached hydrogen (secondary N) is 1. The second-order valence-electron chi connectivity index (χ2n) is 5.79. The molecule has 0 spiro atoms. The van der Waals surface area contributed by atoms with E-state index in [9.17, 15) is 4.79 Å². The highest BCUT2D eigenvalue weighted by Crippen LogP contribution is 2.29. The van der Waals surface area contributed by atoms with Crippen LogP contribution in [0.2, 0.25) is 0 Å². The van der Waals surface area contributed by atoms with E-state index in [1.807, 2.05) is 0 Å². The van der Waals surface area contributed by atoms with Gasteiger partial charge in [-0.15, -0.1) is 0 Å². The highest BCUT2D eigenvalue weighted by Gasteiger charge is 2.35. The van der Waals surface area contributed by atoms with Crippen molar-refractivity contribution in [2.24, 2.45) is 0 Å². The van der Waals surface area contributed by atoms with E-state index in [1.165, 1.54) is 19.3 Å². The highest BCUT2D eigenvalue weighted by molar-refractivity contribution is 5.77. The van der Waals surface area contributed by atoms with Gasteiger partial charge < -0.3 is 10.2 Å². The largest absolute Gasteiger partial charge is 0.338 e. The lowest BCUT2D eigenvalue weighted by Crippen LogP contribution is -2.43. The fourth-order valence-electron chi connectivity index (χ4n) is 3.01. The van der Waals surface area contributed by atoms with Crippen LogP contribution in [0.15, 0.2) is 0 Å². The molecule has 2 aliphatic rings. The van der Waals surface area contributed by atoms with Crippen LogP contribution in [0.4, 0.5) is 0 Å². The lowest BCUT2D eigenvalue weighted by Gasteiger charge is -2.32. The fraction of sp³-hybridized carbons (Fsp3) is 0.923. The Morgan fingerprint density at radius 3 is 2.81 bits per heavy atom. The molecule has 0 radical (unpaired) electrons. The van der Waals surface area contributed by atoms with E-state index >= 15 is 0 Å². The first-order valence-corrected chi connectivity index (χ1v) is 6.63. The summed E-state index contributed by atoms with van der Waals surface area (Å²) < 4.78 is 0. The Morgan fingerprint density at radius 1 is 1.44 bits per heavy atom. The lowest BCUT2D eigenvalue weighted by atomic mass is 10.0. The molecule has 2 fully saturated rings. The molecule has 1 atom stereocenters. The monoisotopic (exact) mass is 224 g/mol. The Hall–Kier alpha value is -0.570. The molecular weight excluding hydrogens is 200 g/mol. The van der Waals surface area contributed by atoms with Crippen LogP contribution in [-0.2, 0) is 4.79 Å². The summed E-state index contributed by atoms with van der Waals surface area (Å²) in [5, 5.41) is 3.45. The van der Waals surface area contributed by atoms with Crippen molar-refractivity contribution in [3.8, 4) is 0 Å². The number of carbonyl (C=O) groups is 1. The van der Waals surface area contributed by atoms with Gasteiger partial charge in [0, 0.05) is 24.5 Å². The first-order valence-electron chi connectivity index (χ1n) is 6.63. The maximum Gasteiger partial charge on any atom is 0.223 e. The highest BCUT2D eigenvalue weighted by atomic mass is 16.2. The standard InChI is InChI=1S/C13H24N2O/c1-13(2)8-4-10-15(13)12(16)7-6-11-5-3-9-14-11/h11,14H,3-10H2,1-2H3. The molecular formula is C13H24N2O. The minimum absolute atomic E-state index is 0.0974. The van der Waals surface area contributed by atoms with Gasteiger partial charge in [0.15, 0.2) is 0 Å². The molecule has 0 aliphatic carbocycles. The van der Waals surface area contributed by atoms with Crippen LogP contribution >= 0.6 is 0 Å². The van der Waals surface area contributed by atoms with E-state index in [4.69, 9.17) is 0 Å². The minimum atomic E-state index is 0.0974. The third-order valence-corrected chi connectivity index (χ3v) is 4.07. The van der Waals surface area contributed by atoms with Gasteiger partial charge in [-0.3, -0.25) is 4.79 Å². The summed E-state index contributed by atoms with van der Waals surface area (Å²) in [5.41, 5.74) is 0.0974. The predicted molar refractivity (Wildman–Crippen MR) is 65.3 cm³/mol. The quantitative estimate of drug-likeness (QED) is 0.794. The van der Waals surface area contributed by atoms with E-state index in [0.717, 1.165) is 32.4 Å². The molecule has 2 rings (SSSR count). The van der Waals surface area contributed by atoms with E-state index < -0.39 is 0 Å². The number of nitrogens with zero attached hydrogens (tertiary/aromatic N) is 1. The van der Waals surface area contributed by atoms with Gasteiger partial charge in [0.2, 0.25) is 5.91 Å². The molecule has 0 aromatic rings. The fourth-order valence-corrected chi connectivity index (χ4v) is 3.01. The summed E-state index contributed by atoms with van der Waals surface area (Å²) in [7, 11) is 0. The van der Waals surface area contributed by atoms with Crippen molar-refractivity contribution in [2.75, 3.05) is 13.1 Å². The minimum Gasteiger partial charge on any atom is -0.338 e. The number of likely N-dealkylation sites (tertiary alicyclic amines) is 1. The molecule has 3 nitrogen and oxygen atoms in total. The Balaban J connectivity index is 1.79. The van der Waals surface area contributed by atoms with Crippen molar-refractivity contribution in [1.82, 2.24) is 10.2 Å². The summed E-state index contributed by atoms with van der Waals surface area (Å²) in [5.74, 6) is 0.358. The molecule has 1 unspecified atom stereocenters. The van der Waals surface area contributed by atoms with Crippen molar-refractivity contribution >= 4 is 5.91 Å². The molecule has 92 valence electrons. The van der Waals surface area contributed by atoms with E-state index in [0.29, 0.717) is 11.9 Å². The average molecular weight is 224 g/mol. The van der Waals surface area contributed by atoms with Crippen LogP contribution in [0.5, 0.6) is 0 Å². The summed E-state index contributed by atoms with van der Waals surface area (Å²) in [6, 6.07) is 0.592. The Kier molecular flexibility index (Phi) is 3.53. The zero-order chi connectivity index (χ0) is 11.6. The Morgan fingerprint density at radius 2 is 2.25 bits per heavy atom. The summed E-state index contributed by atoms with van der Waals surface area (Å²) in [4.78, 5) is 14.2. The van der Waals surface area contributed by atoms with Gasteiger partial charge in [0.25, 0.3) is 0 Å². The molecule has 1 amide bonds. The maximum absolute atomic E-state index is 12.1. The maximum atomic E-state index is 12.1. The van der Waals surface area contributed by atoms with Crippen LogP contribution in [0.3, 0.4) is 0 Å². The van der Waals surface area contributed by atoms with Crippen LogP contribution in [0.1, 0.15) is 52.4 Å². The van der Waals surface area contributed by atoms with Crippen LogP contribution < -0.4 is 5.32 Å². The van der Waals surface area contributed by atoms with Gasteiger partial charge in [0.05, 0.1) is 0 Å². The first-order chi connectivity index (χ1) is 7.59. The molecule has 0 saturated carbocycles. The number of hydrogen-bond donors (Lipinski definition) is 1. The summed E-state index contributed by atoms with van der Waals surface area (Å²) >= 11 is 0. The van der Waals surface area contributed by atoms with Crippen molar-refractivity contribution in [3.05, 3.63) is 0 Å². The molecule has 2 saturated heterocycles. The van der Waals surface area contributed by atoms with Crippen molar-refractivity contribution < 1.29 is 4.79 Å². The van der Waals surface area contributed by atoms with E-state index in [2.05, 4.69) is 24.1 Å². The van der Waals surface area contributed by atoms with Crippen LogP contribution in [-0.4, -0.2) is 35.5 Å². The second kappa shape index (κ2) is 4.74. The Bertz CT molecular complexity index is 257. The summed E-state index contributed by atoms with van der Waals surface area (Å²) in [6.45, 7) is 6.47. The molecule has 0 aromatic carbocycles.